The maximum Gasteiger partial charge on any atom is 0.335 e. The van der Waals surface area contributed by atoms with E-state index >= 15 is 0 Å². The number of hydrogen-bond acceptors (Lipinski definition) is 3. The van der Waals surface area contributed by atoms with Gasteiger partial charge in [0.2, 0.25) is 5.91 Å². The molecule has 2 aliphatic heterocycles. The molecule has 1 aromatic rings. The largest absolute Gasteiger partial charge is 0.478 e. The molecule has 0 unspecified atom stereocenters. The number of anilines is 1. The number of benzene rings is 1. The van der Waals surface area contributed by atoms with Gasteiger partial charge in [-0.25, -0.2) is 4.79 Å². The zero-order valence-corrected chi connectivity index (χ0v) is 9.85. The van der Waals surface area contributed by atoms with Crippen molar-refractivity contribution in [2.75, 3.05) is 24.5 Å². The molecule has 0 aliphatic carbocycles. The minimum atomic E-state index is -0.956. The molecule has 2 aliphatic rings. The van der Waals surface area contributed by atoms with Crippen LogP contribution in [0.5, 0.6) is 0 Å². The third kappa shape index (κ3) is 1.67. The number of nitrogens with zero attached hydrogens (tertiary/aromatic N) is 1. The standard InChI is InChI=1S/C13H14N2O3/c16-12(10-6-14-7-10)15-4-3-8-1-2-9(13(17)18)5-11(8)15/h1-2,5,10,14H,3-4,6-7H2,(H,17,18). The maximum atomic E-state index is 12.2. The lowest BCUT2D eigenvalue weighted by atomic mass is 10.0. The van der Waals surface area contributed by atoms with Gasteiger partial charge >= 0.3 is 5.97 Å². The Morgan fingerprint density at radius 1 is 1.33 bits per heavy atom. The molecule has 5 nitrogen and oxygen atoms in total. The molecule has 0 radical (unpaired) electrons. The number of carbonyl (C=O) groups is 2. The van der Waals surface area contributed by atoms with Gasteiger partial charge < -0.3 is 15.3 Å². The lowest BCUT2D eigenvalue weighted by Crippen LogP contribution is -2.51. The van der Waals surface area contributed by atoms with Crippen molar-refractivity contribution in [3.63, 3.8) is 0 Å². The molecular weight excluding hydrogens is 232 g/mol. The second-order valence-corrected chi connectivity index (χ2v) is 4.74. The van der Waals surface area contributed by atoms with Crippen LogP contribution < -0.4 is 10.2 Å². The smallest absolute Gasteiger partial charge is 0.335 e. The summed E-state index contributed by atoms with van der Waals surface area (Å²) in [7, 11) is 0. The topological polar surface area (TPSA) is 69.6 Å². The number of carboxylic acid groups (broad SMARTS) is 1. The van der Waals surface area contributed by atoms with Crippen molar-refractivity contribution in [2.45, 2.75) is 6.42 Å². The molecule has 0 bridgehead atoms. The van der Waals surface area contributed by atoms with Crippen LogP contribution in [0.15, 0.2) is 18.2 Å². The van der Waals surface area contributed by atoms with Crippen LogP contribution in [0.4, 0.5) is 5.69 Å². The first kappa shape index (κ1) is 11.2. The van der Waals surface area contributed by atoms with Gasteiger partial charge in [-0.2, -0.15) is 0 Å². The quantitative estimate of drug-likeness (QED) is 0.797. The molecular formula is C13H14N2O3. The number of rotatable bonds is 2. The normalized spacial score (nSPS) is 18.3. The van der Waals surface area contributed by atoms with Crippen molar-refractivity contribution in [1.82, 2.24) is 5.32 Å². The van der Waals surface area contributed by atoms with E-state index in [9.17, 15) is 9.59 Å². The predicted molar refractivity (Wildman–Crippen MR) is 65.8 cm³/mol. The highest BCUT2D eigenvalue weighted by atomic mass is 16.4. The summed E-state index contributed by atoms with van der Waals surface area (Å²) in [5, 5.41) is 12.1. The molecule has 0 saturated carbocycles. The molecule has 2 N–H and O–H groups in total. The summed E-state index contributed by atoms with van der Waals surface area (Å²) in [6.45, 7) is 2.11. The van der Waals surface area contributed by atoms with Crippen molar-refractivity contribution in [1.29, 1.82) is 0 Å². The molecule has 0 spiro atoms. The van der Waals surface area contributed by atoms with Gasteiger partial charge in [0.1, 0.15) is 0 Å². The molecule has 1 saturated heterocycles. The molecule has 1 aromatic carbocycles. The third-order valence-corrected chi connectivity index (χ3v) is 3.62. The maximum absolute atomic E-state index is 12.2. The molecule has 2 heterocycles. The number of carbonyl (C=O) groups excluding carboxylic acids is 1. The zero-order valence-electron chi connectivity index (χ0n) is 9.85. The number of hydrogen-bond donors (Lipinski definition) is 2. The Labute approximate surface area is 104 Å². The molecule has 94 valence electrons. The van der Waals surface area contributed by atoms with E-state index in [2.05, 4.69) is 5.32 Å². The second kappa shape index (κ2) is 4.10. The molecule has 1 amide bonds. The summed E-state index contributed by atoms with van der Waals surface area (Å²) in [4.78, 5) is 24.9. The highest BCUT2D eigenvalue weighted by Crippen LogP contribution is 2.30. The summed E-state index contributed by atoms with van der Waals surface area (Å²) in [6, 6.07) is 5.01. The van der Waals surface area contributed by atoms with E-state index in [1.54, 1.807) is 17.0 Å². The van der Waals surface area contributed by atoms with Crippen LogP contribution in [-0.4, -0.2) is 36.6 Å². The number of nitrogens with one attached hydrogen (secondary N) is 1. The van der Waals surface area contributed by atoms with Crippen molar-refractivity contribution in [2.24, 2.45) is 5.92 Å². The molecule has 3 rings (SSSR count). The Bertz CT molecular complexity index is 523. The number of fused-ring (bicyclic) bond motifs is 1. The minimum absolute atomic E-state index is 0.0458. The van der Waals surface area contributed by atoms with Gasteiger partial charge in [-0.15, -0.1) is 0 Å². The first-order valence-electron chi connectivity index (χ1n) is 6.05. The summed E-state index contributed by atoms with van der Waals surface area (Å²) in [5.74, 6) is -0.804. The van der Waals surface area contributed by atoms with Crippen LogP contribution in [0.2, 0.25) is 0 Å². The van der Waals surface area contributed by atoms with E-state index < -0.39 is 5.97 Å². The SMILES string of the molecule is O=C(O)c1ccc2c(c1)N(C(=O)C1CNC1)CC2. The lowest BCUT2D eigenvalue weighted by molar-refractivity contribution is -0.123. The summed E-state index contributed by atoms with van der Waals surface area (Å²) in [6.07, 6.45) is 0.807. The highest BCUT2D eigenvalue weighted by Gasteiger charge is 2.33. The average Bonchev–Trinajstić information content (AvgIpc) is 2.68. The van der Waals surface area contributed by atoms with Gasteiger partial charge in [0, 0.05) is 25.3 Å². The summed E-state index contributed by atoms with van der Waals surface area (Å²) >= 11 is 0. The number of amides is 1. The van der Waals surface area contributed by atoms with Gasteiger partial charge in [0.25, 0.3) is 0 Å². The third-order valence-electron chi connectivity index (χ3n) is 3.62. The van der Waals surface area contributed by atoms with Crippen molar-refractivity contribution in [3.05, 3.63) is 29.3 Å². The van der Waals surface area contributed by atoms with Crippen molar-refractivity contribution >= 4 is 17.6 Å². The second-order valence-electron chi connectivity index (χ2n) is 4.74. The Morgan fingerprint density at radius 2 is 2.11 bits per heavy atom. The monoisotopic (exact) mass is 246 g/mol. The van der Waals surface area contributed by atoms with Crippen LogP contribution in [0.25, 0.3) is 0 Å². The van der Waals surface area contributed by atoms with E-state index in [-0.39, 0.29) is 17.4 Å². The van der Waals surface area contributed by atoms with E-state index in [0.717, 1.165) is 30.8 Å². The van der Waals surface area contributed by atoms with Crippen LogP contribution in [-0.2, 0) is 11.2 Å². The first-order valence-corrected chi connectivity index (χ1v) is 6.05. The summed E-state index contributed by atoms with van der Waals surface area (Å²) in [5.41, 5.74) is 2.06. The Morgan fingerprint density at radius 3 is 2.72 bits per heavy atom. The lowest BCUT2D eigenvalue weighted by Gasteiger charge is -2.30. The number of aromatic carboxylic acids is 1. The van der Waals surface area contributed by atoms with Crippen molar-refractivity contribution in [3.8, 4) is 0 Å². The minimum Gasteiger partial charge on any atom is -0.478 e. The molecule has 1 fully saturated rings. The van der Waals surface area contributed by atoms with Crippen LogP contribution >= 0.6 is 0 Å². The van der Waals surface area contributed by atoms with Gasteiger partial charge in [0.15, 0.2) is 0 Å². The van der Waals surface area contributed by atoms with Gasteiger partial charge in [0.05, 0.1) is 11.5 Å². The molecule has 0 atom stereocenters. The molecule has 0 aromatic heterocycles. The van der Waals surface area contributed by atoms with Gasteiger partial charge in [-0.1, -0.05) is 6.07 Å². The Hall–Kier alpha value is -1.88. The van der Waals surface area contributed by atoms with Crippen LogP contribution in [0.3, 0.4) is 0 Å². The average molecular weight is 246 g/mol. The van der Waals surface area contributed by atoms with Crippen LogP contribution in [0.1, 0.15) is 15.9 Å². The van der Waals surface area contributed by atoms with Gasteiger partial charge in [-0.05, 0) is 24.1 Å². The van der Waals surface area contributed by atoms with Crippen molar-refractivity contribution < 1.29 is 14.7 Å². The Kier molecular flexibility index (Phi) is 2.56. The first-order chi connectivity index (χ1) is 8.66. The zero-order chi connectivity index (χ0) is 12.7. The predicted octanol–water partition coefficient (Wildman–Crippen LogP) is 0.493. The fraction of sp³-hybridized carbons (Fsp3) is 0.385. The van der Waals surface area contributed by atoms with E-state index in [4.69, 9.17) is 5.11 Å². The number of carboxylic acids is 1. The van der Waals surface area contributed by atoms with E-state index in [0.29, 0.717) is 6.54 Å². The molecule has 18 heavy (non-hydrogen) atoms. The fourth-order valence-electron chi connectivity index (χ4n) is 2.42. The van der Waals surface area contributed by atoms with Crippen LogP contribution in [0, 0.1) is 5.92 Å². The van der Waals surface area contributed by atoms with Gasteiger partial charge in [-0.3, -0.25) is 4.79 Å². The van der Waals surface area contributed by atoms with E-state index in [1.165, 1.54) is 0 Å². The summed E-state index contributed by atoms with van der Waals surface area (Å²) < 4.78 is 0. The van der Waals surface area contributed by atoms with E-state index in [1.807, 2.05) is 6.07 Å². The molecule has 5 heteroatoms. The fourth-order valence-corrected chi connectivity index (χ4v) is 2.42. The highest BCUT2D eigenvalue weighted by molar-refractivity contribution is 5.99. The Balaban J connectivity index is 1.91.